The zero-order chi connectivity index (χ0) is 27.1. The second-order valence-electron chi connectivity index (χ2n) is 10.7. The van der Waals surface area contributed by atoms with Gasteiger partial charge in [-0.25, -0.2) is 0 Å². The van der Waals surface area contributed by atoms with E-state index in [2.05, 4.69) is 0 Å². The van der Waals surface area contributed by atoms with Crippen LogP contribution in [0.3, 0.4) is 0 Å². The van der Waals surface area contributed by atoms with Crippen molar-refractivity contribution in [1.29, 1.82) is 0 Å². The van der Waals surface area contributed by atoms with E-state index in [1.54, 1.807) is 0 Å². The smallest absolute Gasteiger partial charge is 0.187 e. The van der Waals surface area contributed by atoms with Crippen molar-refractivity contribution < 1.29 is 49.2 Å². The molecule has 0 saturated carbocycles. The number of nitrogens with zero attached hydrogens (tertiary/aromatic N) is 1. The van der Waals surface area contributed by atoms with Crippen molar-refractivity contribution >= 4 is 0 Å². The fraction of sp³-hybridized carbons (Fsp3) is 1.00. The Morgan fingerprint density at radius 2 is 1.31 bits per heavy atom. The Hall–Kier alpha value is -0.520. The second kappa shape index (κ2) is 12.1. The summed E-state index contributed by atoms with van der Waals surface area (Å²) < 4.78 is 29.6. The molecule has 3 aliphatic heterocycles. The molecule has 0 amide bonds. The molecule has 3 rings (SSSR count). The van der Waals surface area contributed by atoms with Crippen molar-refractivity contribution in [3.05, 3.63) is 0 Å². The lowest BCUT2D eigenvalue weighted by Gasteiger charge is -2.48. The molecular formula is C23H45N3O10. The standard InChI is InChI=1S/C23H45N3O10/c1-7-10-12(27)19(35-23-16(31)15(30)18(34-23)9(4)26(5)6)20(21(25)32-10)36-22-11(24)13(28)14(29)17(33-22)8(2)3/h8-23,27-31H,7,24-25H2,1-6H3/t9-,10-,11?,12?,13+,14-,15+,16?,17?,18+,19+,20-,21?,22+,23-/m0/s1. The SMILES string of the molecule is CC[C@@H]1OC(N)[C@@H](O[C@H]2OC(C(C)C)[C@@H](O)[C@H](O)C2N)[C@H](O[C@@H]2O[C@H]([C@H](C)N(C)C)[C@H](O)C2O)C1O. The maximum absolute atomic E-state index is 11.1. The summed E-state index contributed by atoms with van der Waals surface area (Å²) in [5.74, 6) is -0.161. The van der Waals surface area contributed by atoms with Gasteiger partial charge in [0.2, 0.25) is 0 Å². The van der Waals surface area contributed by atoms with E-state index in [4.69, 9.17) is 35.2 Å². The van der Waals surface area contributed by atoms with Crippen molar-refractivity contribution in [1.82, 2.24) is 4.90 Å². The monoisotopic (exact) mass is 523 g/mol. The van der Waals surface area contributed by atoms with E-state index in [0.29, 0.717) is 6.42 Å². The number of aliphatic hydroxyl groups excluding tert-OH is 5. The molecule has 3 fully saturated rings. The number of rotatable bonds is 8. The fourth-order valence-corrected chi connectivity index (χ4v) is 4.97. The maximum Gasteiger partial charge on any atom is 0.187 e. The van der Waals surface area contributed by atoms with Crippen molar-refractivity contribution in [3.8, 4) is 0 Å². The third-order valence-electron chi connectivity index (χ3n) is 7.57. The number of likely N-dealkylation sites (N-methyl/N-ethyl adjacent to an activating group) is 1. The molecule has 15 atom stereocenters. The minimum absolute atomic E-state index is 0.161. The average molecular weight is 524 g/mol. The normalized spacial score (nSPS) is 49.1. The van der Waals surface area contributed by atoms with Gasteiger partial charge in [0.15, 0.2) is 12.6 Å². The zero-order valence-electron chi connectivity index (χ0n) is 21.8. The first-order valence-electron chi connectivity index (χ1n) is 12.6. The molecular weight excluding hydrogens is 478 g/mol. The summed E-state index contributed by atoms with van der Waals surface area (Å²) in [7, 11) is 3.64. The molecule has 0 aliphatic carbocycles. The molecule has 212 valence electrons. The van der Waals surface area contributed by atoms with Gasteiger partial charge in [-0.15, -0.1) is 0 Å². The van der Waals surface area contributed by atoms with E-state index in [-0.39, 0.29) is 12.0 Å². The van der Waals surface area contributed by atoms with E-state index >= 15 is 0 Å². The largest absolute Gasteiger partial charge is 0.388 e. The molecule has 0 radical (unpaired) electrons. The molecule has 3 aliphatic rings. The van der Waals surface area contributed by atoms with Gasteiger partial charge in [0, 0.05) is 6.04 Å². The van der Waals surface area contributed by atoms with Crippen LogP contribution >= 0.6 is 0 Å². The Bertz CT molecular complexity index is 705. The predicted molar refractivity (Wildman–Crippen MR) is 126 cm³/mol. The number of hydrogen-bond acceptors (Lipinski definition) is 13. The Balaban J connectivity index is 1.82. The van der Waals surface area contributed by atoms with Crippen LogP contribution in [0.4, 0.5) is 0 Å². The van der Waals surface area contributed by atoms with Crippen LogP contribution < -0.4 is 11.5 Å². The second-order valence-corrected chi connectivity index (χ2v) is 10.7. The van der Waals surface area contributed by atoms with Gasteiger partial charge in [0.05, 0.1) is 18.2 Å². The number of ether oxygens (including phenoxy) is 5. The Morgan fingerprint density at radius 3 is 1.86 bits per heavy atom. The van der Waals surface area contributed by atoms with Crippen LogP contribution in [-0.2, 0) is 23.7 Å². The van der Waals surface area contributed by atoms with Crippen molar-refractivity contribution in [2.75, 3.05) is 14.1 Å². The lowest BCUT2D eigenvalue weighted by Crippen LogP contribution is -2.67. The van der Waals surface area contributed by atoms with Gasteiger partial charge < -0.3 is 65.6 Å². The summed E-state index contributed by atoms with van der Waals surface area (Å²) in [5, 5.41) is 53.2. The van der Waals surface area contributed by atoms with E-state index in [1.807, 2.05) is 46.7 Å². The van der Waals surface area contributed by atoms with E-state index in [9.17, 15) is 25.5 Å². The molecule has 3 saturated heterocycles. The molecule has 3 heterocycles. The Labute approximate surface area is 212 Å². The third-order valence-corrected chi connectivity index (χ3v) is 7.57. The van der Waals surface area contributed by atoms with Crippen molar-refractivity contribution in [2.45, 2.75) is 126 Å². The molecule has 0 bridgehead atoms. The van der Waals surface area contributed by atoms with Crippen molar-refractivity contribution in [2.24, 2.45) is 17.4 Å². The highest BCUT2D eigenvalue weighted by Gasteiger charge is 2.53. The Kier molecular flexibility index (Phi) is 10.1. The minimum atomic E-state index is -1.39. The molecule has 0 spiro atoms. The van der Waals surface area contributed by atoms with Gasteiger partial charge in [-0.3, -0.25) is 0 Å². The molecule has 13 heteroatoms. The summed E-state index contributed by atoms with van der Waals surface area (Å²) in [4.78, 5) is 1.84. The Morgan fingerprint density at radius 1 is 0.750 bits per heavy atom. The van der Waals surface area contributed by atoms with Gasteiger partial charge in [-0.1, -0.05) is 20.8 Å². The van der Waals surface area contributed by atoms with Crippen LogP contribution in [0.2, 0.25) is 0 Å². The number of nitrogens with two attached hydrogens (primary N) is 2. The minimum Gasteiger partial charge on any atom is -0.388 e. The maximum atomic E-state index is 11.1. The molecule has 13 nitrogen and oxygen atoms in total. The summed E-state index contributed by atoms with van der Waals surface area (Å²) in [6.45, 7) is 7.29. The summed E-state index contributed by atoms with van der Waals surface area (Å²) >= 11 is 0. The highest BCUT2D eigenvalue weighted by molar-refractivity contribution is 4.98. The van der Waals surface area contributed by atoms with Crippen LogP contribution in [0, 0.1) is 5.92 Å². The van der Waals surface area contributed by atoms with Gasteiger partial charge in [0.25, 0.3) is 0 Å². The van der Waals surface area contributed by atoms with Crippen LogP contribution in [0.5, 0.6) is 0 Å². The quantitative estimate of drug-likeness (QED) is 0.170. The molecule has 5 unspecified atom stereocenters. The zero-order valence-corrected chi connectivity index (χ0v) is 21.8. The molecule has 9 N–H and O–H groups in total. The third kappa shape index (κ3) is 5.88. The van der Waals surface area contributed by atoms with Crippen molar-refractivity contribution in [3.63, 3.8) is 0 Å². The average Bonchev–Trinajstić information content (AvgIpc) is 3.10. The van der Waals surface area contributed by atoms with E-state index < -0.39 is 85.9 Å². The number of aliphatic hydroxyl groups is 5. The van der Waals surface area contributed by atoms with Gasteiger partial charge in [0.1, 0.15) is 55.1 Å². The van der Waals surface area contributed by atoms with E-state index in [0.717, 1.165) is 0 Å². The molecule has 0 aromatic heterocycles. The molecule has 36 heavy (non-hydrogen) atoms. The summed E-state index contributed by atoms with van der Waals surface area (Å²) in [6.07, 6.45) is -14.0. The fourth-order valence-electron chi connectivity index (χ4n) is 4.97. The van der Waals surface area contributed by atoms with Gasteiger partial charge in [-0.05, 0) is 33.4 Å². The lowest BCUT2D eigenvalue weighted by molar-refractivity contribution is -0.338. The van der Waals surface area contributed by atoms with Crippen LogP contribution in [-0.4, -0.2) is 136 Å². The van der Waals surface area contributed by atoms with E-state index in [1.165, 1.54) is 0 Å². The first-order valence-corrected chi connectivity index (χ1v) is 12.6. The molecule has 0 aromatic carbocycles. The highest BCUT2D eigenvalue weighted by atomic mass is 16.7. The van der Waals surface area contributed by atoms with Crippen LogP contribution in [0.25, 0.3) is 0 Å². The van der Waals surface area contributed by atoms with Crippen LogP contribution in [0.15, 0.2) is 0 Å². The summed E-state index contributed by atoms with van der Waals surface area (Å²) in [5.41, 5.74) is 12.4. The lowest BCUT2D eigenvalue weighted by atomic mass is 9.90. The molecule has 0 aromatic rings. The first-order chi connectivity index (χ1) is 16.8. The van der Waals surface area contributed by atoms with Gasteiger partial charge >= 0.3 is 0 Å². The predicted octanol–water partition coefficient (Wildman–Crippen LogP) is -2.96. The topological polar surface area (TPSA) is 203 Å². The highest BCUT2D eigenvalue weighted by Crippen LogP contribution is 2.34. The van der Waals surface area contributed by atoms with Gasteiger partial charge in [-0.2, -0.15) is 0 Å². The summed E-state index contributed by atoms with van der Waals surface area (Å²) in [6, 6.07) is -1.36. The number of hydrogen-bond donors (Lipinski definition) is 7. The van der Waals surface area contributed by atoms with Crippen LogP contribution in [0.1, 0.15) is 34.1 Å². The first kappa shape index (κ1) is 30.0.